The summed E-state index contributed by atoms with van der Waals surface area (Å²) in [5.74, 6) is -0.311. The van der Waals surface area contributed by atoms with Gasteiger partial charge in [0.25, 0.3) is 11.6 Å². The Morgan fingerprint density at radius 1 is 1.26 bits per heavy atom. The highest BCUT2D eigenvalue weighted by atomic mass is 32.2. The van der Waals surface area contributed by atoms with Gasteiger partial charge in [-0.1, -0.05) is 11.8 Å². The Bertz CT molecular complexity index is 891. The lowest BCUT2D eigenvalue weighted by Crippen LogP contribution is -2.11. The van der Waals surface area contributed by atoms with E-state index in [0.717, 1.165) is 14.6 Å². The number of carbonyl (C=O) groups excluding carboxylic acids is 1. The number of nitro groups is 1. The summed E-state index contributed by atoms with van der Waals surface area (Å²) in [5.41, 5.74) is 1.88. The number of benzene rings is 2. The van der Waals surface area contributed by atoms with Crippen LogP contribution in [0.2, 0.25) is 0 Å². The highest BCUT2D eigenvalue weighted by Gasteiger charge is 2.11. The number of hydrogen-bond donors (Lipinski definition) is 1. The highest BCUT2D eigenvalue weighted by molar-refractivity contribution is 8.00. The topological polar surface area (TPSA) is 85.1 Å². The third kappa shape index (κ3) is 3.33. The second-order valence-corrected chi connectivity index (χ2v) is 6.71. The van der Waals surface area contributed by atoms with Gasteiger partial charge in [0, 0.05) is 23.4 Å². The zero-order chi connectivity index (χ0) is 16.4. The van der Waals surface area contributed by atoms with E-state index >= 15 is 0 Å². The molecule has 0 unspecified atom stereocenters. The van der Waals surface area contributed by atoms with Crippen molar-refractivity contribution in [2.24, 2.45) is 0 Å². The van der Waals surface area contributed by atoms with E-state index < -0.39 is 4.92 Å². The van der Waals surface area contributed by atoms with E-state index in [1.54, 1.807) is 29.2 Å². The van der Waals surface area contributed by atoms with Crippen LogP contribution >= 0.6 is 23.1 Å². The summed E-state index contributed by atoms with van der Waals surface area (Å²) >= 11 is 3.14. The molecule has 0 saturated carbocycles. The first kappa shape index (κ1) is 15.4. The molecule has 3 rings (SSSR count). The van der Waals surface area contributed by atoms with Gasteiger partial charge in [-0.15, -0.1) is 11.3 Å². The van der Waals surface area contributed by atoms with Crippen molar-refractivity contribution < 1.29 is 9.72 Å². The summed E-state index contributed by atoms with van der Waals surface area (Å²) in [6, 6.07) is 11.0. The van der Waals surface area contributed by atoms with Crippen LogP contribution < -0.4 is 5.32 Å². The van der Waals surface area contributed by atoms with E-state index in [4.69, 9.17) is 0 Å². The zero-order valence-electron chi connectivity index (χ0n) is 12.0. The quantitative estimate of drug-likeness (QED) is 0.435. The van der Waals surface area contributed by atoms with Gasteiger partial charge in [0.2, 0.25) is 0 Å². The zero-order valence-corrected chi connectivity index (χ0v) is 13.6. The average molecular weight is 345 g/mol. The number of nitrogens with one attached hydrogen (secondary N) is 1. The minimum atomic E-state index is -0.497. The number of thioether (sulfide) groups is 1. The third-order valence-corrected chi connectivity index (χ3v) is 5.14. The highest BCUT2D eigenvalue weighted by Crippen LogP contribution is 2.30. The molecule has 6 nitrogen and oxygen atoms in total. The van der Waals surface area contributed by atoms with Crippen molar-refractivity contribution in [2.75, 3.05) is 11.6 Å². The number of amides is 1. The number of anilines is 1. The molecule has 3 aromatic rings. The molecule has 23 heavy (non-hydrogen) atoms. The SMILES string of the molecule is CSc1nc2ccc(NC(=O)c3ccc([N+](=O)[O-])cc3)cc2s1. The number of hydrogen-bond acceptors (Lipinski definition) is 6. The number of aromatic nitrogens is 1. The molecule has 2 aromatic carbocycles. The average Bonchev–Trinajstić information content (AvgIpc) is 2.97. The fourth-order valence-electron chi connectivity index (χ4n) is 2.01. The Morgan fingerprint density at radius 2 is 2.00 bits per heavy atom. The Hall–Kier alpha value is -2.45. The standard InChI is InChI=1S/C15H11N3O3S2/c1-22-15-17-12-7-4-10(8-13(12)23-15)16-14(19)9-2-5-11(6-3-9)18(20)21/h2-8H,1H3,(H,16,19). The number of thiazole rings is 1. The van der Waals surface area contributed by atoms with Gasteiger partial charge in [0.15, 0.2) is 4.34 Å². The maximum Gasteiger partial charge on any atom is 0.269 e. The summed E-state index contributed by atoms with van der Waals surface area (Å²) < 4.78 is 1.97. The molecule has 8 heteroatoms. The van der Waals surface area contributed by atoms with Crippen molar-refractivity contribution in [3.8, 4) is 0 Å². The van der Waals surface area contributed by atoms with E-state index in [1.165, 1.54) is 24.3 Å². The van der Waals surface area contributed by atoms with Crippen molar-refractivity contribution in [3.63, 3.8) is 0 Å². The number of fused-ring (bicyclic) bond motifs is 1. The molecule has 1 heterocycles. The van der Waals surface area contributed by atoms with Crippen LogP contribution in [0.1, 0.15) is 10.4 Å². The Kier molecular flexibility index (Phi) is 4.26. The first-order valence-electron chi connectivity index (χ1n) is 6.57. The second kappa shape index (κ2) is 6.35. The Morgan fingerprint density at radius 3 is 2.65 bits per heavy atom. The molecule has 0 spiro atoms. The second-order valence-electron chi connectivity index (χ2n) is 4.62. The van der Waals surface area contributed by atoms with E-state index in [9.17, 15) is 14.9 Å². The predicted molar refractivity (Wildman–Crippen MR) is 92.5 cm³/mol. The summed E-state index contributed by atoms with van der Waals surface area (Å²) in [6.45, 7) is 0. The summed E-state index contributed by atoms with van der Waals surface area (Å²) in [4.78, 5) is 26.8. The number of carbonyl (C=O) groups is 1. The summed E-state index contributed by atoms with van der Waals surface area (Å²) in [5, 5.41) is 13.4. The third-order valence-electron chi connectivity index (χ3n) is 3.14. The lowest BCUT2D eigenvalue weighted by molar-refractivity contribution is -0.384. The van der Waals surface area contributed by atoms with E-state index in [2.05, 4.69) is 10.3 Å². The molecule has 0 aliphatic heterocycles. The van der Waals surface area contributed by atoms with Crippen LogP contribution in [0.15, 0.2) is 46.8 Å². The monoisotopic (exact) mass is 345 g/mol. The maximum atomic E-state index is 12.2. The minimum absolute atomic E-state index is 0.0442. The molecule has 0 saturated heterocycles. The van der Waals surface area contributed by atoms with Crippen LogP contribution in [0.25, 0.3) is 10.2 Å². The molecule has 1 N–H and O–H groups in total. The predicted octanol–water partition coefficient (Wildman–Crippen LogP) is 4.18. The fraction of sp³-hybridized carbons (Fsp3) is 0.0667. The molecule has 0 aliphatic carbocycles. The van der Waals surface area contributed by atoms with Gasteiger partial charge >= 0.3 is 0 Å². The van der Waals surface area contributed by atoms with Gasteiger partial charge in [-0.3, -0.25) is 14.9 Å². The first-order valence-corrected chi connectivity index (χ1v) is 8.61. The Labute approximate surface area is 139 Å². The number of nitrogens with zero attached hydrogens (tertiary/aromatic N) is 2. The van der Waals surface area contributed by atoms with Gasteiger partial charge < -0.3 is 5.32 Å². The molecule has 0 radical (unpaired) electrons. The van der Waals surface area contributed by atoms with E-state index in [1.807, 2.05) is 18.4 Å². The molecule has 0 fully saturated rings. The van der Waals surface area contributed by atoms with Gasteiger partial charge in [0.1, 0.15) is 0 Å². The minimum Gasteiger partial charge on any atom is -0.322 e. The lowest BCUT2D eigenvalue weighted by Gasteiger charge is -2.05. The number of non-ortho nitro benzene ring substituents is 1. The van der Waals surface area contributed by atoms with Crippen LogP contribution in [0, 0.1) is 10.1 Å². The molecule has 116 valence electrons. The lowest BCUT2D eigenvalue weighted by atomic mass is 10.2. The molecule has 0 bridgehead atoms. The van der Waals surface area contributed by atoms with Crippen LogP contribution in [-0.4, -0.2) is 22.1 Å². The van der Waals surface area contributed by atoms with Gasteiger partial charge in [-0.25, -0.2) is 4.98 Å². The largest absolute Gasteiger partial charge is 0.322 e. The number of nitro benzene ring substituents is 1. The van der Waals surface area contributed by atoms with Crippen molar-refractivity contribution >= 4 is 50.6 Å². The van der Waals surface area contributed by atoms with Crippen LogP contribution in [0.3, 0.4) is 0 Å². The molecule has 1 amide bonds. The van der Waals surface area contributed by atoms with E-state index in [0.29, 0.717) is 11.3 Å². The van der Waals surface area contributed by atoms with Gasteiger partial charge in [-0.05, 0) is 36.6 Å². The smallest absolute Gasteiger partial charge is 0.269 e. The maximum absolute atomic E-state index is 12.2. The van der Waals surface area contributed by atoms with Crippen LogP contribution in [0.5, 0.6) is 0 Å². The molecule has 1 aromatic heterocycles. The Balaban J connectivity index is 1.80. The van der Waals surface area contributed by atoms with Crippen molar-refractivity contribution in [2.45, 2.75) is 4.34 Å². The summed E-state index contributed by atoms with van der Waals surface area (Å²) in [7, 11) is 0. The van der Waals surface area contributed by atoms with Crippen molar-refractivity contribution in [1.29, 1.82) is 0 Å². The van der Waals surface area contributed by atoms with Crippen LogP contribution in [0.4, 0.5) is 11.4 Å². The summed E-state index contributed by atoms with van der Waals surface area (Å²) in [6.07, 6.45) is 1.97. The van der Waals surface area contributed by atoms with Crippen molar-refractivity contribution in [1.82, 2.24) is 4.98 Å². The van der Waals surface area contributed by atoms with Crippen LogP contribution in [-0.2, 0) is 0 Å². The van der Waals surface area contributed by atoms with Crippen molar-refractivity contribution in [3.05, 3.63) is 58.1 Å². The molecular weight excluding hydrogens is 334 g/mol. The van der Waals surface area contributed by atoms with Gasteiger partial charge in [-0.2, -0.15) is 0 Å². The molecular formula is C15H11N3O3S2. The fourth-order valence-corrected chi connectivity index (χ4v) is 3.53. The normalized spacial score (nSPS) is 10.7. The number of rotatable bonds is 4. The van der Waals surface area contributed by atoms with E-state index in [-0.39, 0.29) is 11.6 Å². The first-order chi connectivity index (χ1) is 11.1. The molecule has 0 aliphatic rings. The van der Waals surface area contributed by atoms with Gasteiger partial charge in [0.05, 0.1) is 15.1 Å². The molecule has 0 atom stereocenters.